The van der Waals surface area contributed by atoms with Gasteiger partial charge in [-0.2, -0.15) is 0 Å². The lowest BCUT2D eigenvalue weighted by Crippen LogP contribution is -2.51. The Kier molecular flexibility index (Phi) is 3.54. The van der Waals surface area contributed by atoms with Crippen LogP contribution in [0.2, 0.25) is 5.02 Å². The number of hydrogen-bond donors (Lipinski definition) is 0. The number of nitrogens with zero attached hydrogens (tertiary/aromatic N) is 2. The van der Waals surface area contributed by atoms with Gasteiger partial charge in [-0.3, -0.25) is 9.36 Å². The van der Waals surface area contributed by atoms with E-state index in [9.17, 15) is 4.79 Å². The number of aromatic nitrogens is 2. The van der Waals surface area contributed by atoms with Crippen LogP contribution < -0.4 is 5.56 Å². The Balaban J connectivity index is 1.74. The molecule has 0 N–H and O–H groups in total. The van der Waals surface area contributed by atoms with Crippen molar-refractivity contribution in [2.75, 3.05) is 0 Å². The molecular formula is C21H25ClN2O. The third-order valence-corrected chi connectivity index (χ3v) is 7.11. The molecule has 3 nitrogen and oxygen atoms in total. The van der Waals surface area contributed by atoms with Crippen LogP contribution in [0.5, 0.6) is 0 Å². The molecule has 1 aromatic carbocycles. The first kappa shape index (κ1) is 15.9. The van der Waals surface area contributed by atoms with Crippen molar-refractivity contribution < 1.29 is 0 Å². The maximum atomic E-state index is 13.2. The fraction of sp³-hybridized carbons (Fsp3) is 0.619. The highest BCUT2D eigenvalue weighted by atomic mass is 35.5. The lowest BCUT2D eigenvalue weighted by Gasteiger charge is -2.56. The molecule has 132 valence electrons. The second kappa shape index (κ2) is 5.57. The maximum absolute atomic E-state index is 13.2. The summed E-state index contributed by atoms with van der Waals surface area (Å²) in [5.41, 5.74) is 1.05. The Morgan fingerprint density at radius 1 is 1.16 bits per heavy atom. The Labute approximate surface area is 153 Å². The maximum Gasteiger partial charge on any atom is 0.261 e. The summed E-state index contributed by atoms with van der Waals surface area (Å²) >= 11 is 6.14. The molecule has 0 saturated heterocycles. The molecule has 0 radical (unpaired) electrons. The summed E-state index contributed by atoms with van der Waals surface area (Å²) in [4.78, 5) is 18.3. The van der Waals surface area contributed by atoms with Crippen molar-refractivity contribution in [2.24, 2.45) is 17.8 Å². The predicted molar refractivity (Wildman–Crippen MR) is 101 cm³/mol. The summed E-state index contributed by atoms with van der Waals surface area (Å²) in [7, 11) is 0. The lowest BCUT2D eigenvalue weighted by molar-refractivity contribution is -0.0115. The van der Waals surface area contributed by atoms with Crippen molar-refractivity contribution in [3.8, 4) is 0 Å². The van der Waals surface area contributed by atoms with Crippen molar-refractivity contribution in [3.63, 3.8) is 0 Å². The zero-order valence-electron chi connectivity index (χ0n) is 14.8. The standard InChI is InChI=1S/C21H25ClN2O/c1-2-5-24-19(25)17-9-16(22)3-4-18(17)23-20(24)21-10-13-6-14(11-21)8-15(7-13)12-21/h3-4,9,13-15H,2,5-8,10-12H2,1H3. The molecule has 4 aliphatic rings. The summed E-state index contributed by atoms with van der Waals surface area (Å²) in [6.45, 7) is 2.89. The van der Waals surface area contributed by atoms with E-state index < -0.39 is 0 Å². The summed E-state index contributed by atoms with van der Waals surface area (Å²) in [5.74, 6) is 3.62. The van der Waals surface area contributed by atoms with Gasteiger partial charge in [-0.1, -0.05) is 18.5 Å². The van der Waals surface area contributed by atoms with Gasteiger partial charge in [0, 0.05) is 17.0 Å². The highest BCUT2D eigenvalue weighted by Gasteiger charge is 2.53. The number of rotatable bonds is 3. The third-order valence-electron chi connectivity index (χ3n) is 6.88. The normalized spacial score (nSPS) is 33.3. The predicted octanol–water partition coefficient (Wildman–Crippen LogP) is 4.93. The van der Waals surface area contributed by atoms with Gasteiger partial charge in [0.25, 0.3) is 5.56 Å². The van der Waals surface area contributed by atoms with Crippen LogP contribution in [-0.4, -0.2) is 9.55 Å². The molecule has 6 rings (SSSR count). The van der Waals surface area contributed by atoms with Gasteiger partial charge in [-0.15, -0.1) is 0 Å². The second-order valence-corrected chi connectivity index (χ2v) is 9.19. The molecule has 25 heavy (non-hydrogen) atoms. The van der Waals surface area contributed by atoms with E-state index in [-0.39, 0.29) is 11.0 Å². The van der Waals surface area contributed by atoms with E-state index in [4.69, 9.17) is 16.6 Å². The average molecular weight is 357 g/mol. The summed E-state index contributed by atoms with van der Waals surface area (Å²) in [5, 5.41) is 1.27. The van der Waals surface area contributed by atoms with Crippen LogP contribution in [-0.2, 0) is 12.0 Å². The minimum Gasteiger partial charge on any atom is -0.296 e. The number of hydrogen-bond acceptors (Lipinski definition) is 2. The topological polar surface area (TPSA) is 34.9 Å². The molecule has 1 aromatic heterocycles. The highest BCUT2D eigenvalue weighted by Crippen LogP contribution is 2.60. The first-order valence-corrected chi connectivity index (χ1v) is 10.2. The van der Waals surface area contributed by atoms with E-state index in [1.165, 1.54) is 38.5 Å². The quantitative estimate of drug-likeness (QED) is 0.781. The Morgan fingerprint density at radius 3 is 2.40 bits per heavy atom. The number of fused-ring (bicyclic) bond motifs is 1. The van der Waals surface area contributed by atoms with E-state index in [1.54, 1.807) is 6.07 Å². The van der Waals surface area contributed by atoms with Crippen LogP contribution in [0.1, 0.15) is 57.7 Å². The molecule has 4 heteroatoms. The summed E-state index contributed by atoms with van der Waals surface area (Å²) in [6, 6.07) is 5.55. The second-order valence-electron chi connectivity index (χ2n) is 8.75. The van der Waals surface area contributed by atoms with E-state index in [0.717, 1.165) is 42.1 Å². The molecule has 4 bridgehead atoms. The largest absolute Gasteiger partial charge is 0.296 e. The molecule has 4 saturated carbocycles. The first-order chi connectivity index (χ1) is 12.1. The number of halogens is 1. The average Bonchev–Trinajstić information content (AvgIpc) is 2.56. The Morgan fingerprint density at radius 2 is 1.80 bits per heavy atom. The smallest absolute Gasteiger partial charge is 0.261 e. The summed E-state index contributed by atoms with van der Waals surface area (Å²) < 4.78 is 1.99. The van der Waals surface area contributed by atoms with Gasteiger partial charge in [0.05, 0.1) is 10.9 Å². The molecule has 2 aromatic rings. The van der Waals surface area contributed by atoms with Crippen molar-refractivity contribution in [1.82, 2.24) is 9.55 Å². The van der Waals surface area contributed by atoms with Crippen molar-refractivity contribution in [3.05, 3.63) is 39.4 Å². The molecular weight excluding hydrogens is 332 g/mol. The van der Waals surface area contributed by atoms with Gasteiger partial charge in [0.1, 0.15) is 5.82 Å². The van der Waals surface area contributed by atoms with Crippen molar-refractivity contribution >= 4 is 22.5 Å². The van der Waals surface area contributed by atoms with E-state index in [1.807, 2.05) is 16.7 Å². The van der Waals surface area contributed by atoms with Gasteiger partial charge >= 0.3 is 0 Å². The van der Waals surface area contributed by atoms with Crippen LogP contribution in [0, 0.1) is 17.8 Å². The molecule has 0 unspecified atom stereocenters. The van der Waals surface area contributed by atoms with Crippen LogP contribution in [0.25, 0.3) is 10.9 Å². The fourth-order valence-electron chi connectivity index (χ4n) is 6.41. The molecule has 1 heterocycles. The van der Waals surface area contributed by atoms with Gasteiger partial charge in [-0.25, -0.2) is 4.98 Å². The minimum absolute atomic E-state index is 0.0973. The molecule has 4 aliphatic carbocycles. The lowest BCUT2D eigenvalue weighted by atomic mass is 9.49. The molecule has 0 aliphatic heterocycles. The zero-order chi connectivity index (χ0) is 17.2. The molecule has 4 fully saturated rings. The van der Waals surface area contributed by atoms with Gasteiger partial charge in [0.15, 0.2) is 0 Å². The summed E-state index contributed by atoms with van der Waals surface area (Å²) in [6.07, 6.45) is 8.85. The highest BCUT2D eigenvalue weighted by molar-refractivity contribution is 6.31. The Hall–Kier alpha value is -1.35. The molecule has 0 spiro atoms. The molecule has 0 atom stereocenters. The van der Waals surface area contributed by atoms with Crippen LogP contribution >= 0.6 is 11.6 Å². The van der Waals surface area contributed by atoms with Crippen LogP contribution in [0.4, 0.5) is 0 Å². The monoisotopic (exact) mass is 356 g/mol. The first-order valence-electron chi connectivity index (χ1n) is 9.78. The third kappa shape index (κ3) is 2.38. The zero-order valence-corrected chi connectivity index (χ0v) is 15.6. The fourth-order valence-corrected chi connectivity index (χ4v) is 6.59. The number of benzene rings is 1. The van der Waals surface area contributed by atoms with Crippen molar-refractivity contribution in [1.29, 1.82) is 0 Å². The van der Waals surface area contributed by atoms with E-state index in [2.05, 4.69) is 6.92 Å². The SMILES string of the molecule is CCCn1c(C23CC4CC(CC(C4)C2)C3)nc2ccc(Cl)cc2c1=O. The minimum atomic E-state index is 0.0973. The van der Waals surface area contributed by atoms with Gasteiger partial charge in [-0.05, 0) is 80.9 Å². The van der Waals surface area contributed by atoms with E-state index in [0.29, 0.717) is 10.4 Å². The van der Waals surface area contributed by atoms with Gasteiger partial charge in [0.2, 0.25) is 0 Å². The van der Waals surface area contributed by atoms with Gasteiger partial charge < -0.3 is 0 Å². The van der Waals surface area contributed by atoms with E-state index >= 15 is 0 Å². The van der Waals surface area contributed by atoms with Crippen molar-refractivity contribution in [2.45, 2.75) is 63.8 Å². The molecule has 0 amide bonds. The van der Waals surface area contributed by atoms with Crippen LogP contribution in [0.3, 0.4) is 0 Å². The Bertz CT molecular complexity index is 865. The van der Waals surface area contributed by atoms with Crippen LogP contribution in [0.15, 0.2) is 23.0 Å².